The summed E-state index contributed by atoms with van der Waals surface area (Å²) in [6.45, 7) is 0. The van der Waals surface area contributed by atoms with E-state index in [-0.39, 0.29) is 17.0 Å². The van der Waals surface area contributed by atoms with E-state index >= 15 is 0 Å². The van der Waals surface area contributed by atoms with Crippen LogP contribution in [0.4, 0.5) is 10.3 Å². The second kappa shape index (κ2) is 5.92. The fourth-order valence-corrected chi connectivity index (χ4v) is 2.75. The first-order chi connectivity index (χ1) is 11.2. The molecule has 0 aromatic carbocycles. The van der Waals surface area contributed by atoms with Crippen molar-refractivity contribution in [2.24, 2.45) is 0 Å². The summed E-state index contributed by atoms with van der Waals surface area (Å²) in [5.74, 6) is -0.175. The van der Waals surface area contributed by atoms with Gasteiger partial charge in [-0.1, -0.05) is 0 Å². The van der Waals surface area contributed by atoms with E-state index in [0.29, 0.717) is 0 Å². The van der Waals surface area contributed by atoms with E-state index in [9.17, 15) is 18.9 Å². The van der Waals surface area contributed by atoms with Crippen molar-refractivity contribution in [2.45, 2.75) is 24.8 Å². The number of fused-ring (bicyclic) bond motifs is 1. The lowest BCUT2D eigenvalue weighted by molar-refractivity contribution is -0.157. The number of rotatable bonds is 4. The summed E-state index contributed by atoms with van der Waals surface area (Å²) in [5, 5.41) is 10.1. The fourth-order valence-electron chi connectivity index (χ4n) is 2.41. The van der Waals surface area contributed by atoms with Crippen LogP contribution >= 0.6 is 7.60 Å². The lowest BCUT2D eigenvalue weighted by Gasteiger charge is -2.17. The topological polar surface area (TPSA) is 173 Å². The zero-order chi connectivity index (χ0) is 17.6. The highest BCUT2D eigenvalue weighted by Gasteiger charge is 2.47. The minimum absolute atomic E-state index is 0.0585. The summed E-state index contributed by atoms with van der Waals surface area (Å²) in [5.41, 5.74) is 5.01. The van der Waals surface area contributed by atoms with Gasteiger partial charge >= 0.3 is 7.60 Å². The molecular weight excluding hydrogens is 350 g/mol. The van der Waals surface area contributed by atoms with E-state index < -0.39 is 44.3 Å². The maximum absolute atomic E-state index is 14.1. The number of hydrogen-bond donors (Lipinski definition) is 5. The first-order valence-corrected chi connectivity index (χ1v) is 8.47. The molecule has 0 bridgehead atoms. The zero-order valence-electron chi connectivity index (χ0n) is 11.9. The number of hydrogen-bond acceptors (Lipinski definition) is 7. The van der Waals surface area contributed by atoms with Crippen LogP contribution in [0.1, 0.15) is 6.23 Å². The molecule has 4 atom stereocenters. The number of alkyl halides is 1. The summed E-state index contributed by atoms with van der Waals surface area (Å²) < 4.78 is 36.0. The number of nitrogen functional groups attached to an aromatic ring is 1. The van der Waals surface area contributed by atoms with Gasteiger partial charge in [-0.25, -0.2) is 4.39 Å². The maximum atomic E-state index is 14.1. The number of nitrogens with zero attached hydrogens (tertiary/aromatic N) is 2. The standard InChI is InChI=1S/C11H14FN4O7P/c12-5-6(17)9(23-10(5)22-3-24(19,20)21)16-2-1-4-7(16)14-11(13)15-8(4)18/h1-2,5-6,9-10,17H,3H2,(H2,19,20,21)(H3,13,14,15,18)/t5?,6-,9+,10-/m0/s1. The third-order valence-corrected chi connectivity index (χ3v) is 3.92. The van der Waals surface area contributed by atoms with Crippen molar-refractivity contribution >= 4 is 24.6 Å². The first kappa shape index (κ1) is 17.0. The van der Waals surface area contributed by atoms with Crippen LogP contribution < -0.4 is 11.3 Å². The number of nitrogens with one attached hydrogen (secondary N) is 1. The largest absolute Gasteiger partial charge is 0.385 e. The van der Waals surface area contributed by atoms with Crippen LogP contribution in [0.2, 0.25) is 0 Å². The Labute approximate surface area is 133 Å². The van der Waals surface area contributed by atoms with Crippen LogP contribution in [0, 0.1) is 0 Å². The number of anilines is 1. The van der Waals surface area contributed by atoms with E-state index in [1.54, 1.807) is 0 Å². The molecule has 3 rings (SSSR count). The fraction of sp³-hybridized carbons (Fsp3) is 0.455. The molecule has 0 spiro atoms. The van der Waals surface area contributed by atoms with Crippen molar-refractivity contribution in [3.63, 3.8) is 0 Å². The summed E-state index contributed by atoms with van der Waals surface area (Å²) in [7, 11) is -4.53. The van der Waals surface area contributed by atoms with Gasteiger partial charge < -0.3 is 34.7 Å². The molecular formula is C11H14FN4O7P. The minimum atomic E-state index is -4.53. The van der Waals surface area contributed by atoms with E-state index in [0.717, 1.165) is 0 Å². The second-order valence-electron chi connectivity index (χ2n) is 5.20. The van der Waals surface area contributed by atoms with Crippen molar-refractivity contribution < 1.29 is 33.3 Å². The molecule has 2 aromatic rings. The van der Waals surface area contributed by atoms with Crippen LogP contribution in [0.3, 0.4) is 0 Å². The van der Waals surface area contributed by atoms with Gasteiger partial charge in [0.1, 0.15) is 6.10 Å². The van der Waals surface area contributed by atoms with E-state index in [1.807, 2.05) is 0 Å². The molecule has 6 N–H and O–H groups in total. The molecule has 0 aliphatic carbocycles. The molecule has 1 aliphatic rings. The molecule has 1 fully saturated rings. The van der Waals surface area contributed by atoms with Crippen molar-refractivity contribution in [1.29, 1.82) is 0 Å². The van der Waals surface area contributed by atoms with Crippen molar-refractivity contribution in [2.75, 3.05) is 12.1 Å². The van der Waals surface area contributed by atoms with Gasteiger partial charge in [0.15, 0.2) is 30.7 Å². The third kappa shape index (κ3) is 3.07. The zero-order valence-corrected chi connectivity index (χ0v) is 12.8. The van der Waals surface area contributed by atoms with Crippen molar-refractivity contribution in [3.05, 3.63) is 22.6 Å². The summed E-state index contributed by atoms with van der Waals surface area (Å²) in [6.07, 6.45) is -6.47. The van der Waals surface area contributed by atoms with Crippen LogP contribution in [-0.2, 0) is 14.0 Å². The lowest BCUT2D eigenvalue weighted by atomic mass is 10.2. The minimum Gasteiger partial charge on any atom is -0.385 e. The van der Waals surface area contributed by atoms with Gasteiger partial charge in [-0.05, 0) is 6.07 Å². The van der Waals surface area contributed by atoms with Gasteiger partial charge in [0.2, 0.25) is 5.95 Å². The molecule has 3 heterocycles. The van der Waals surface area contributed by atoms with E-state index in [1.165, 1.54) is 16.8 Å². The smallest absolute Gasteiger partial charge is 0.351 e. The lowest BCUT2D eigenvalue weighted by Crippen LogP contribution is -2.29. The Morgan fingerprint density at radius 1 is 1.54 bits per heavy atom. The van der Waals surface area contributed by atoms with E-state index in [2.05, 4.69) is 9.97 Å². The Morgan fingerprint density at radius 2 is 2.25 bits per heavy atom. The Bertz CT molecular complexity index is 864. The number of halogens is 1. The Hall–Kier alpha value is -1.82. The molecule has 2 aromatic heterocycles. The molecule has 0 amide bonds. The number of aromatic amines is 1. The van der Waals surface area contributed by atoms with E-state index in [4.69, 9.17) is 25.0 Å². The Kier molecular flexibility index (Phi) is 4.20. The monoisotopic (exact) mass is 364 g/mol. The van der Waals surface area contributed by atoms with Crippen LogP contribution in [0.15, 0.2) is 17.1 Å². The van der Waals surface area contributed by atoms with Gasteiger partial charge in [-0.2, -0.15) is 4.98 Å². The summed E-state index contributed by atoms with van der Waals surface area (Å²) in [6, 6.07) is 1.38. The van der Waals surface area contributed by atoms with Crippen LogP contribution in [-0.4, -0.2) is 54.3 Å². The van der Waals surface area contributed by atoms with Gasteiger partial charge in [0, 0.05) is 6.20 Å². The molecule has 132 valence electrons. The predicted molar refractivity (Wildman–Crippen MR) is 77.6 cm³/mol. The summed E-state index contributed by atoms with van der Waals surface area (Å²) >= 11 is 0. The van der Waals surface area contributed by atoms with Crippen molar-refractivity contribution in [1.82, 2.24) is 14.5 Å². The normalized spacial score (nSPS) is 27.8. The summed E-state index contributed by atoms with van der Waals surface area (Å²) in [4.78, 5) is 35.5. The highest BCUT2D eigenvalue weighted by Crippen LogP contribution is 2.38. The van der Waals surface area contributed by atoms with Crippen molar-refractivity contribution in [3.8, 4) is 0 Å². The van der Waals surface area contributed by atoms with Gasteiger partial charge in [0.25, 0.3) is 5.56 Å². The second-order valence-corrected chi connectivity index (χ2v) is 6.79. The number of ether oxygens (including phenoxy) is 2. The van der Waals surface area contributed by atoms with Gasteiger partial charge in [-0.15, -0.1) is 0 Å². The number of aliphatic hydroxyl groups is 1. The maximum Gasteiger partial charge on any atom is 0.351 e. The molecule has 0 saturated carbocycles. The van der Waals surface area contributed by atoms with Gasteiger partial charge in [0.05, 0.1) is 5.39 Å². The quantitative estimate of drug-likeness (QED) is 0.427. The third-order valence-electron chi connectivity index (χ3n) is 3.43. The van der Waals surface area contributed by atoms with Crippen LogP contribution in [0.5, 0.6) is 0 Å². The number of aromatic nitrogens is 3. The molecule has 1 saturated heterocycles. The number of H-pyrrole nitrogens is 1. The number of nitrogens with two attached hydrogens (primary N) is 1. The molecule has 13 heteroatoms. The van der Waals surface area contributed by atoms with Gasteiger partial charge in [-0.3, -0.25) is 14.3 Å². The molecule has 0 radical (unpaired) electrons. The Balaban J connectivity index is 1.90. The first-order valence-electron chi connectivity index (χ1n) is 6.67. The average Bonchev–Trinajstić information content (AvgIpc) is 3.00. The van der Waals surface area contributed by atoms with Crippen LogP contribution in [0.25, 0.3) is 11.0 Å². The predicted octanol–water partition coefficient (Wildman–Crippen LogP) is -0.988. The molecule has 1 aliphatic heterocycles. The molecule has 24 heavy (non-hydrogen) atoms. The highest BCUT2D eigenvalue weighted by atomic mass is 31.2. The average molecular weight is 364 g/mol. The SMILES string of the molecule is Nc1nc2c(ccn2[C@@H]2O[C@H](OCP(=O)(O)O)C(F)[C@@H]2O)c(=O)[nH]1. The highest BCUT2D eigenvalue weighted by molar-refractivity contribution is 7.51. The number of aliphatic hydroxyl groups excluding tert-OH is 1. The molecule has 1 unspecified atom stereocenters. The Morgan fingerprint density at radius 3 is 2.92 bits per heavy atom. The molecule has 11 nitrogen and oxygen atoms in total.